The van der Waals surface area contributed by atoms with Crippen molar-refractivity contribution in [2.75, 3.05) is 19.1 Å². The monoisotopic (exact) mass is 439 g/mol. The highest BCUT2D eigenvalue weighted by atomic mass is 19.1. The molecule has 168 valence electrons. The van der Waals surface area contributed by atoms with Crippen LogP contribution in [0.4, 0.5) is 10.3 Å². The minimum absolute atomic E-state index is 0.161. The number of hydrogen-bond donors (Lipinski definition) is 2. The van der Waals surface area contributed by atoms with E-state index >= 15 is 0 Å². The van der Waals surface area contributed by atoms with Crippen LogP contribution in [0, 0.1) is 0 Å². The highest BCUT2D eigenvalue weighted by Gasteiger charge is 2.29. The lowest BCUT2D eigenvalue weighted by atomic mass is 9.84. The maximum Gasteiger partial charge on any atom is 0.244 e. The van der Waals surface area contributed by atoms with Crippen LogP contribution >= 0.6 is 0 Å². The number of aliphatic hydroxyl groups is 1. The normalized spacial score (nSPS) is 21.3. The summed E-state index contributed by atoms with van der Waals surface area (Å²) in [5.41, 5.74) is 3.45. The summed E-state index contributed by atoms with van der Waals surface area (Å²) in [4.78, 5) is 4.60. The van der Waals surface area contributed by atoms with E-state index in [0.717, 1.165) is 47.8 Å². The van der Waals surface area contributed by atoms with Crippen LogP contribution in [-0.4, -0.2) is 60.1 Å². The molecule has 5 rings (SSSR count). The van der Waals surface area contributed by atoms with Crippen LogP contribution in [0.3, 0.4) is 0 Å². The van der Waals surface area contributed by atoms with Gasteiger partial charge in [-0.3, -0.25) is 0 Å². The van der Waals surface area contributed by atoms with E-state index in [1.54, 1.807) is 16.3 Å². The molecule has 0 spiro atoms. The number of ether oxygens (including phenoxy) is 1. The van der Waals surface area contributed by atoms with Gasteiger partial charge in [-0.15, -0.1) is 10.2 Å². The standard InChI is InChI=1S/C22H26FN7O2/c1-22(31)8-5-15(6-9-22)24-21-25-20(32-2)19-16(7-11-30(19)27-21)14-3-4-17-18(13-14)29(12-10-23)28-26-17/h3-4,7,11,13,15,31H,5-6,8-10,12H2,1-2H3,(H,24,27). The molecule has 0 saturated heterocycles. The zero-order valence-electron chi connectivity index (χ0n) is 18.1. The van der Waals surface area contributed by atoms with Gasteiger partial charge in [0.25, 0.3) is 0 Å². The van der Waals surface area contributed by atoms with Crippen molar-refractivity contribution in [2.45, 2.75) is 50.8 Å². The van der Waals surface area contributed by atoms with E-state index in [4.69, 9.17) is 4.74 Å². The van der Waals surface area contributed by atoms with Gasteiger partial charge in [0.1, 0.15) is 17.7 Å². The Kier molecular flexibility index (Phi) is 5.16. The van der Waals surface area contributed by atoms with Crippen LogP contribution in [0.1, 0.15) is 32.6 Å². The number of nitrogens with zero attached hydrogens (tertiary/aromatic N) is 6. The van der Waals surface area contributed by atoms with E-state index in [0.29, 0.717) is 17.3 Å². The van der Waals surface area contributed by atoms with Gasteiger partial charge < -0.3 is 15.2 Å². The summed E-state index contributed by atoms with van der Waals surface area (Å²) in [5, 5.41) is 26.3. The molecule has 0 atom stereocenters. The number of fused-ring (bicyclic) bond motifs is 2. The first kappa shape index (κ1) is 20.6. The maximum absolute atomic E-state index is 12.9. The minimum atomic E-state index is -0.591. The molecule has 1 aliphatic rings. The quantitative estimate of drug-likeness (QED) is 0.475. The molecule has 2 N–H and O–H groups in total. The first-order valence-electron chi connectivity index (χ1n) is 10.8. The lowest BCUT2D eigenvalue weighted by Gasteiger charge is -2.33. The molecule has 1 aliphatic carbocycles. The first-order chi connectivity index (χ1) is 15.5. The molecule has 3 aromatic heterocycles. The number of methoxy groups -OCH3 is 1. The highest BCUT2D eigenvalue weighted by molar-refractivity contribution is 5.89. The molecule has 1 saturated carbocycles. The summed E-state index contributed by atoms with van der Waals surface area (Å²) in [6.07, 6.45) is 5.07. The van der Waals surface area contributed by atoms with Gasteiger partial charge in [0.05, 0.1) is 24.8 Å². The first-order valence-corrected chi connectivity index (χ1v) is 10.8. The molecule has 4 aromatic rings. The van der Waals surface area contributed by atoms with E-state index < -0.39 is 12.3 Å². The van der Waals surface area contributed by atoms with Crippen molar-refractivity contribution in [1.82, 2.24) is 29.6 Å². The van der Waals surface area contributed by atoms with Gasteiger partial charge in [-0.1, -0.05) is 11.3 Å². The van der Waals surface area contributed by atoms with E-state index in [9.17, 15) is 9.50 Å². The van der Waals surface area contributed by atoms with Crippen LogP contribution in [0.25, 0.3) is 27.7 Å². The SMILES string of the molecule is COc1nc(NC2CCC(C)(O)CC2)nn2ccc(-c3ccc4nnn(CCF)c4c3)c12. The number of nitrogens with one attached hydrogen (secondary N) is 1. The molecule has 0 amide bonds. The number of anilines is 1. The van der Waals surface area contributed by atoms with Crippen molar-refractivity contribution in [3.63, 3.8) is 0 Å². The molecular weight excluding hydrogens is 413 g/mol. The maximum atomic E-state index is 12.9. The third-order valence-corrected chi connectivity index (χ3v) is 6.19. The summed E-state index contributed by atoms with van der Waals surface area (Å²) in [5.74, 6) is 0.949. The van der Waals surface area contributed by atoms with Crippen LogP contribution in [-0.2, 0) is 6.54 Å². The molecule has 10 heteroatoms. The molecule has 1 aromatic carbocycles. The second kappa shape index (κ2) is 8.01. The van der Waals surface area contributed by atoms with Crippen LogP contribution in [0.15, 0.2) is 30.5 Å². The second-order valence-corrected chi connectivity index (χ2v) is 8.59. The Labute approximate surface area is 184 Å². The molecule has 9 nitrogen and oxygen atoms in total. The fourth-order valence-electron chi connectivity index (χ4n) is 4.37. The van der Waals surface area contributed by atoms with Gasteiger partial charge >= 0.3 is 0 Å². The fraction of sp³-hybridized carbons (Fsp3) is 0.455. The summed E-state index contributed by atoms with van der Waals surface area (Å²) in [7, 11) is 1.59. The van der Waals surface area contributed by atoms with Crippen molar-refractivity contribution < 1.29 is 14.2 Å². The Morgan fingerprint density at radius 2 is 2.09 bits per heavy atom. The van der Waals surface area contributed by atoms with Crippen molar-refractivity contribution in [3.05, 3.63) is 30.5 Å². The van der Waals surface area contributed by atoms with Gasteiger partial charge in [-0.25, -0.2) is 13.6 Å². The molecule has 0 bridgehead atoms. The molecule has 3 heterocycles. The predicted molar refractivity (Wildman–Crippen MR) is 119 cm³/mol. The lowest BCUT2D eigenvalue weighted by Crippen LogP contribution is -2.36. The Morgan fingerprint density at radius 3 is 2.84 bits per heavy atom. The van der Waals surface area contributed by atoms with Crippen molar-refractivity contribution in [1.29, 1.82) is 0 Å². The summed E-state index contributed by atoms with van der Waals surface area (Å²) >= 11 is 0. The smallest absolute Gasteiger partial charge is 0.244 e. The van der Waals surface area contributed by atoms with E-state index in [2.05, 4.69) is 25.7 Å². The van der Waals surface area contributed by atoms with Crippen molar-refractivity contribution in [3.8, 4) is 17.0 Å². The summed E-state index contributed by atoms with van der Waals surface area (Å²) in [6, 6.07) is 7.93. The van der Waals surface area contributed by atoms with Crippen molar-refractivity contribution in [2.24, 2.45) is 0 Å². The Balaban J connectivity index is 1.49. The van der Waals surface area contributed by atoms with Crippen LogP contribution < -0.4 is 10.1 Å². The van der Waals surface area contributed by atoms with Gasteiger partial charge in [0.2, 0.25) is 11.8 Å². The van der Waals surface area contributed by atoms with Gasteiger partial charge in [-0.2, -0.15) is 4.98 Å². The number of hydrogen-bond acceptors (Lipinski definition) is 7. The molecule has 32 heavy (non-hydrogen) atoms. The minimum Gasteiger partial charge on any atom is -0.479 e. The number of aromatic nitrogens is 6. The van der Waals surface area contributed by atoms with Crippen LogP contribution in [0.2, 0.25) is 0 Å². The predicted octanol–water partition coefficient (Wildman–Crippen LogP) is 3.22. The lowest BCUT2D eigenvalue weighted by molar-refractivity contribution is 0.0195. The Bertz CT molecular complexity index is 1260. The van der Waals surface area contributed by atoms with E-state index in [1.807, 2.05) is 37.4 Å². The largest absolute Gasteiger partial charge is 0.479 e. The second-order valence-electron chi connectivity index (χ2n) is 8.59. The Hall–Kier alpha value is -3.27. The number of benzene rings is 1. The third-order valence-electron chi connectivity index (χ3n) is 6.19. The number of rotatable bonds is 6. The average Bonchev–Trinajstić information content (AvgIpc) is 3.39. The number of halogens is 1. The van der Waals surface area contributed by atoms with Crippen molar-refractivity contribution >= 4 is 22.5 Å². The third kappa shape index (κ3) is 3.75. The molecule has 0 aliphatic heterocycles. The fourth-order valence-corrected chi connectivity index (χ4v) is 4.37. The summed E-state index contributed by atoms with van der Waals surface area (Å²) < 4.78 is 21.8. The number of aryl methyl sites for hydroxylation is 1. The molecule has 0 radical (unpaired) electrons. The molecule has 1 fully saturated rings. The van der Waals surface area contributed by atoms with Gasteiger partial charge in [0, 0.05) is 17.8 Å². The zero-order chi connectivity index (χ0) is 22.3. The van der Waals surface area contributed by atoms with Crippen LogP contribution in [0.5, 0.6) is 5.88 Å². The topological polar surface area (TPSA) is 102 Å². The van der Waals surface area contributed by atoms with E-state index in [-0.39, 0.29) is 12.6 Å². The molecule has 0 unspecified atom stereocenters. The van der Waals surface area contributed by atoms with E-state index in [1.165, 1.54) is 0 Å². The van der Waals surface area contributed by atoms with Gasteiger partial charge in [0.15, 0.2) is 0 Å². The highest BCUT2D eigenvalue weighted by Crippen LogP contribution is 2.34. The number of alkyl halides is 1. The average molecular weight is 439 g/mol. The Morgan fingerprint density at radius 1 is 1.28 bits per heavy atom. The summed E-state index contributed by atoms with van der Waals surface area (Å²) in [6.45, 7) is 1.54. The molecular formula is C22H26FN7O2. The zero-order valence-corrected chi connectivity index (χ0v) is 18.1. The van der Waals surface area contributed by atoms with Gasteiger partial charge in [-0.05, 0) is 56.4 Å².